The lowest BCUT2D eigenvalue weighted by atomic mass is 9.97. The Labute approximate surface area is 163 Å². The molecule has 4 amide bonds. The van der Waals surface area contributed by atoms with Crippen LogP contribution in [0.15, 0.2) is 0 Å². The van der Waals surface area contributed by atoms with Crippen molar-refractivity contribution in [2.24, 2.45) is 11.8 Å². The van der Waals surface area contributed by atoms with E-state index in [0.29, 0.717) is 12.3 Å². The van der Waals surface area contributed by atoms with Crippen molar-refractivity contribution in [3.63, 3.8) is 0 Å². The van der Waals surface area contributed by atoms with Gasteiger partial charge in [0.05, 0.1) is 19.0 Å². The van der Waals surface area contributed by atoms with E-state index in [2.05, 4.69) is 25.2 Å². The summed E-state index contributed by atoms with van der Waals surface area (Å²) in [4.78, 5) is 36.7. The standard InChI is InChI=1S/C8H15N3O2.C7H12N2O2P.C2H6/c1-11-4-2-7(3-5-11)8(13)10-9-6-12;10-7-8-3-1-2-6(4-8)5-9(7)11-12;1-2/h6-7H,2-5H2,1H3,(H,9,12)(H,10,13);5-6H,1-4,12H2;1-2H3/q;+1;. The van der Waals surface area contributed by atoms with E-state index in [1.54, 1.807) is 0 Å². The maximum atomic E-state index is 11.4. The van der Waals surface area contributed by atoms with Gasteiger partial charge in [0.2, 0.25) is 12.3 Å². The fraction of sp³-hybridized carbons (Fsp3) is 0.765. The molecule has 2 N–H and O–H groups in total. The maximum Gasteiger partial charge on any atom is 0.532 e. The molecule has 0 saturated carbocycles. The number of carbonyl (C=O) groups excluding carboxylic acids is 3. The smallest absolute Gasteiger partial charge is 0.322 e. The first-order valence-electron chi connectivity index (χ1n) is 9.52. The zero-order valence-electron chi connectivity index (χ0n) is 16.5. The average Bonchev–Trinajstić information content (AvgIpc) is 2.71. The van der Waals surface area contributed by atoms with Crippen molar-refractivity contribution in [2.45, 2.75) is 39.5 Å². The minimum Gasteiger partial charge on any atom is -0.322 e. The largest absolute Gasteiger partial charge is 0.532 e. The number of likely N-dealkylation sites (tertiary alicyclic amines) is 1. The molecule has 0 aromatic heterocycles. The number of amides is 4. The van der Waals surface area contributed by atoms with Crippen molar-refractivity contribution in [1.29, 1.82) is 0 Å². The molecule has 27 heavy (non-hydrogen) atoms. The van der Waals surface area contributed by atoms with Crippen molar-refractivity contribution in [3.8, 4) is 0 Å². The van der Waals surface area contributed by atoms with E-state index in [9.17, 15) is 14.4 Å². The van der Waals surface area contributed by atoms with Gasteiger partial charge in [-0.05, 0) is 50.6 Å². The SMILES string of the molecule is CC.CN1CCC(C(=O)NNC=O)CC1.O=C1N2CCCC(C=[N+]1OP)C2. The van der Waals surface area contributed by atoms with Gasteiger partial charge in [0.15, 0.2) is 0 Å². The number of nitrogens with one attached hydrogen (secondary N) is 2. The quantitative estimate of drug-likeness (QED) is 0.314. The zero-order chi connectivity index (χ0) is 20.2. The molecule has 0 spiro atoms. The molecule has 0 aliphatic carbocycles. The van der Waals surface area contributed by atoms with Crippen LogP contribution in [0, 0.1) is 11.8 Å². The molecule has 2 fully saturated rings. The second kappa shape index (κ2) is 12.6. The first-order chi connectivity index (χ1) is 13.0. The maximum absolute atomic E-state index is 11.4. The van der Waals surface area contributed by atoms with Gasteiger partial charge in [0.1, 0.15) is 15.7 Å². The highest BCUT2D eigenvalue weighted by molar-refractivity contribution is 7.09. The van der Waals surface area contributed by atoms with Crippen molar-refractivity contribution >= 4 is 34.0 Å². The summed E-state index contributed by atoms with van der Waals surface area (Å²) >= 11 is 0. The number of nitrogens with zero attached hydrogens (tertiary/aromatic N) is 3. The molecule has 3 rings (SSSR count). The van der Waals surface area contributed by atoms with Gasteiger partial charge in [-0.15, -0.1) is 0 Å². The molecule has 3 aliphatic heterocycles. The second-order valence-electron chi connectivity index (χ2n) is 6.54. The summed E-state index contributed by atoms with van der Waals surface area (Å²) < 4.78 is 6.15. The number of rotatable bonds is 4. The Kier molecular flexibility index (Phi) is 10.9. The number of urea groups is 1. The van der Waals surface area contributed by atoms with Crippen molar-refractivity contribution in [1.82, 2.24) is 20.7 Å². The topological polar surface area (TPSA) is 94.0 Å². The van der Waals surface area contributed by atoms with E-state index in [0.717, 1.165) is 51.9 Å². The van der Waals surface area contributed by atoms with E-state index in [1.165, 1.54) is 4.74 Å². The molecule has 0 aromatic rings. The van der Waals surface area contributed by atoms with E-state index < -0.39 is 0 Å². The van der Waals surface area contributed by atoms with Crippen LogP contribution < -0.4 is 10.9 Å². The third kappa shape index (κ3) is 7.42. The molecule has 2 atom stereocenters. The Morgan fingerprint density at radius 2 is 1.96 bits per heavy atom. The predicted molar refractivity (Wildman–Crippen MR) is 106 cm³/mol. The molecule has 0 aromatic carbocycles. The van der Waals surface area contributed by atoms with Gasteiger partial charge in [0, 0.05) is 5.92 Å². The molecule has 2 unspecified atom stereocenters. The van der Waals surface area contributed by atoms with Gasteiger partial charge in [0.25, 0.3) is 0 Å². The van der Waals surface area contributed by atoms with Crippen LogP contribution in [0.3, 0.4) is 0 Å². The summed E-state index contributed by atoms with van der Waals surface area (Å²) in [5.74, 6) is 0.445. The van der Waals surface area contributed by atoms with Crippen molar-refractivity contribution in [2.75, 3.05) is 33.2 Å². The number of fused-ring (bicyclic) bond motifs is 2. The lowest BCUT2D eigenvalue weighted by Crippen LogP contribution is -2.49. The fourth-order valence-corrected chi connectivity index (χ4v) is 3.41. The van der Waals surface area contributed by atoms with Gasteiger partial charge >= 0.3 is 6.03 Å². The lowest BCUT2D eigenvalue weighted by molar-refractivity contribution is -0.669. The highest BCUT2D eigenvalue weighted by Crippen LogP contribution is 2.19. The monoisotopic (exact) mass is 402 g/mol. The van der Waals surface area contributed by atoms with Crippen molar-refractivity contribution < 1.29 is 23.7 Å². The van der Waals surface area contributed by atoms with E-state index in [4.69, 9.17) is 4.62 Å². The van der Waals surface area contributed by atoms with Crippen LogP contribution in [0.5, 0.6) is 0 Å². The summed E-state index contributed by atoms with van der Waals surface area (Å²) in [5.41, 5.74) is 4.50. The van der Waals surface area contributed by atoms with Crippen LogP contribution in [0.1, 0.15) is 39.5 Å². The molecule has 10 heteroatoms. The normalized spacial score (nSPS) is 22.2. The minimum atomic E-state index is -0.0831. The molecule has 9 nitrogen and oxygen atoms in total. The summed E-state index contributed by atoms with van der Waals surface area (Å²) in [6.07, 6.45) is 6.33. The second-order valence-corrected chi connectivity index (χ2v) is 6.75. The minimum absolute atomic E-state index is 0.0408. The third-order valence-electron chi connectivity index (χ3n) is 4.72. The predicted octanol–water partition coefficient (Wildman–Crippen LogP) is 0.769. The Morgan fingerprint density at radius 1 is 1.30 bits per heavy atom. The van der Waals surface area contributed by atoms with Gasteiger partial charge in [-0.25, -0.2) is 4.90 Å². The Hall–Kier alpha value is -1.73. The number of piperidine rings is 2. The average molecular weight is 402 g/mol. The highest BCUT2D eigenvalue weighted by Gasteiger charge is 2.38. The first kappa shape index (κ1) is 23.3. The Bertz CT molecular complexity index is 523. The molecule has 0 radical (unpaired) electrons. The van der Waals surface area contributed by atoms with E-state index >= 15 is 0 Å². The molecular formula is C17H33N5O4P+. The van der Waals surface area contributed by atoms with Crippen LogP contribution in [0.4, 0.5) is 4.79 Å². The number of hydrogen-bond donors (Lipinski definition) is 2. The van der Waals surface area contributed by atoms with Gasteiger partial charge in [-0.2, -0.15) is 4.79 Å². The summed E-state index contributed by atoms with van der Waals surface area (Å²) in [6, 6.07) is -0.0408. The van der Waals surface area contributed by atoms with Crippen LogP contribution in [0.2, 0.25) is 0 Å². The van der Waals surface area contributed by atoms with Crippen molar-refractivity contribution in [3.05, 3.63) is 0 Å². The van der Waals surface area contributed by atoms with Crippen LogP contribution in [-0.2, 0) is 14.2 Å². The number of hydrogen-bond acceptors (Lipinski definition) is 5. The van der Waals surface area contributed by atoms with Gasteiger partial charge < -0.3 is 9.52 Å². The molecule has 2 bridgehead atoms. The Morgan fingerprint density at radius 3 is 2.56 bits per heavy atom. The molecule has 3 aliphatic rings. The third-order valence-corrected chi connectivity index (χ3v) is 4.95. The van der Waals surface area contributed by atoms with Gasteiger partial charge in [-0.1, -0.05) is 13.8 Å². The first-order valence-corrected chi connectivity index (χ1v) is 9.99. The summed E-state index contributed by atoms with van der Waals surface area (Å²) in [7, 11) is 4.13. The van der Waals surface area contributed by atoms with Crippen LogP contribution in [-0.4, -0.2) is 72.3 Å². The fourth-order valence-electron chi connectivity index (χ4n) is 3.25. The molecule has 154 valence electrons. The molecular weight excluding hydrogens is 369 g/mol. The number of carbonyl (C=O) groups is 3. The van der Waals surface area contributed by atoms with Gasteiger partial charge in [-0.3, -0.25) is 20.4 Å². The number of hydroxylamine groups is 1. The molecule has 2 saturated heterocycles. The number of hydrazine groups is 1. The summed E-state index contributed by atoms with van der Waals surface area (Å²) in [5, 5.41) is 0. The van der Waals surface area contributed by atoms with E-state index in [1.807, 2.05) is 32.0 Å². The Balaban J connectivity index is 0.000000248. The highest BCUT2D eigenvalue weighted by atomic mass is 31.0. The molecule has 3 heterocycles. The van der Waals surface area contributed by atoms with Crippen LogP contribution in [0.25, 0.3) is 0 Å². The van der Waals surface area contributed by atoms with E-state index in [-0.39, 0.29) is 17.9 Å². The summed E-state index contributed by atoms with van der Waals surface area (Å²) in [6.45, 7) is 7.62. The van der Waals surface area contributed by atoms with Crippen LogP contribution >= 0.6 is 9.47 Å². The lowest BCUT2D eigenvalue weighted by Gasteiger charge is -2.28. The zero-order valence-corrected chi connectivity index (χ0v) is 17.7.